The van der Waals surface area contributed by atoms with Crippen molar-refractivity contribution in [1.29, 1.82) is 0 Å². The van der Waals surface area contributed by atoms with E-state index in [2.05, 4.69) is 227 Å². The van der Waals surface area contributed by atoms with Crippen LogP contribution in [0.3, 0.4) is 0 Å². The number of carbonyl (C=O) groups excluding carboxylic acids is 3. The molecular weight excluding hydrogens is 1020 g/mol. The predicted molar refractivity (Wildman–Crippen MR) is 361 cm³/mol. The van der Waals surface area contributed by atoms with E-state index in [1.165, 1.54) is 6.42 Å². The van der Waals surface area contributed by atoms with Crippen LogP contribution in [0.15, 0.2) is 207 Å². The maximum atomic E-state index is 12.9. The first-order valence-electron chi connectivity index (χ1n) is 32.6. The standard InChI is InChI=1S/C77H116O6/c1-4-7-10-13-16-19-22-25-28-30-32-34-36-38-40-42-44-46-49-52-55-58-61-64-67-70-76(79)82-73-74(72-81-75(78)69-66-63-60-57-54-51-48-27-24-21-18-15-12-9-6-3)83-77(80)71-68-65-62-59-56-53-50-47-45-43-41-39-37-35-33-31-29-26-23-20-17-14-11-8-5-2/h7-12,16-21,25-29,32-35,38-41,44-48,52,54-55,57,74H,4-6,13-15,22-24,30-31,36-37,42-43,49-51,53,56,58-73H2,1-3H3/b10-7-,11-8-,12-9-,19-16-,20-17-,21-18-,28-25-,29-26-,34-32-,35-33-,40-38-,41-39-,46-44-,47-45-,48-27-,55-52-,57-54-. The summed E-state index contributed by atoms with van der Waals surface area (Å²) in [5.41, 5.74) is 0. The highest BCUT2D eigenvalue weighted by atomic mass is 16.6. The van der Waals surface area contributed by atoms with Gasteiger partial charge in [0.2, 0.25) is 0 Å². The largest absolute Gasteiger partial charge is 0.462 e. The van der Waals surface area contributed by atoms with Crippen LogP contribution in [0.25, 0.3) is 0 Å². The lowest BCUT2D eigenvalue weighted by atomic mass is 10.1. The van der Waals surface area contributed by atoms with Gasteiger partial charge in [-0.05, 0) is 167 Å². The summed E-state index contributed by atoms with van der Waals surface area (Å²) >= 11 is 0. The molecule has 0 rings (SSSR count). The Morgan fingerprint density at radius 3 is 0.711 bits per heavy atom. The molecule has 83 heavy (non-hydrogen) atoms. The maximum Gasteiger partial charge on any atom is 0.306 e. The summed E-state index contributed by atoms with van der Waals surface area (Å²) in [6.07, 6.45) is 105. The van der Waals surface area contributed by atoms with Gasteiger partial charge in [-0.3, -0.25) is 14.4 Å². The van der Waals surface area contributed by atoms with Crippen LogP contribution in [0.1, 0.15) is 239 Å². The lowest BCUT2D eigenvalue weighted by Crippen LogP contribution is -2.30. The van der Waals surface area contributed by atoms with Crippen LogP contribution in [0.2, 0.25) is 0 Å². The summed E-state index contributed by atoms with van der Waals surface area (Å²) in [7, 11) is 0. The van der Waals surface area contributed by atoms with Crippen molar-refractivity contribution in [1.82, 2.24) is 0 Å². The normalized spacial score (nSPS) is 13.5. The van der Waals surface area contributed by atoms with Gasteiger partial charge in [0.15, 0.2) is 6.10 Å². The average molecular weight is 1140 g/mol. The first kappa shape index (κ1) is 77.0. The molecule has 0 amide bonds. The zero-order valence-corrected chi connectivity index (χ0v) is 52.6. The van der Waals surface area contributed by atoms with E-state index in [1.807, 2.05) is 0 Å². The molecule has 0 aromatic rings. The van der Waals surface area contributed by atoms with Gasteiger partial charge in [0.05, 0.1) is 0 Å². The molecule has 6 heteroatoms. The lowest BCUT2D eigenvalue weighted by molar-refractivity contribution is -0.167. The Kier molecular flexibility index (Phi) is 63.5. The number of ether oxygens (including phenoxy) is 3. The third-order valence-corrected chi connectivity index (χ3v) is 12.8. The molecule has 1 unspecified atom stereocenters. The van der Waals surface area contributed by atoms with Gasteiger partial charge in [-0.25, -0.2) is 0 Å². The van der Waals surface area contributed by atoms with Crippen LogP contribution >= 0.6 is 0 Å². The minimum atomic E-state index is -0.833. The van der Waals surface area contributed by atoms with Crippen LogP contribution < -0.4 is 0 Å². The number of hydrogen-bond acceptors (Lipinski definition) is 6. The van der Waals surface area contributed by atoms with E-state index < -0.39 is 6.10 Å². The molecule has 0 spiro atoms. The van der Waals surface area contributed by atoms with Crippen molar-refractivity contribution in [2.45, 2.75) is 245 Å². The van der Waals surface area contributed by atoms with E-state index >= 15 is 0 Å². The minimum absolute atomic E-state index is 0.127. The average Bonchev–Trinajstić information content (AvgIpc) is 3.49. The second kappa shape index (κ2) is 68.5. The van der Waals surface area contributed by atoms with Crippen LogP contribution in [-0.2, 0) is 28.6 Å². The first-order valence-corrected chi connectivity index (χ1v) is 32.6. The molecule has 0 bridgehead atoms. The SMILES string of the molecule is CC/C=C\C/C=C\C/C=C\C/C=C\C/C=C\C/C=C\C/C=C\CCCCCC(=O)OCC(COC(=O)CCCC/C=C\C/C=C\C/C=C\C/C=C\CC)OC(=O)CCCCCCCC/C=C\C/C=C\C/C=C\C/C=C\C/C=C\C/C=C\CC. The van der Waals surface area contributed by atoms with Crippen molar-refractivity contribution in [3.63, 3.8) is 0 Å². The van der Waals surface area contributed by atoms with Gasteiger partial charge in [0.1, 0.15) is 13.2 Å². The van der Waals surface area contributed by atoms with Gasteiger partial charge in [0.25, 0.3) is 0 Å². The van der Waals surface area contributed by atoms with E-state index in [0.717, 1.165) is 186 Å². The van der Waals surface area contributed by atoms with Crippen LogP contribution in [0.4, 0.5) is 0 Å². The van der Waals surface area contributed by atoms with Gasteiger partial charge in [-0.1, -0.05) is 259 Å². The Bertz CT molecular complexity index is 2030. The monoisotopic (exact) mass is 1140 g/mol. The van der Waals surface area contributed by atoms with E-state index in [4.69, 9.17) is 14.2 Å². The quantitative estimate of drug-likeness (QED) is 0.0261. The summed E-state index contributed by atoms with van der Waals surface area (Å²) < 4.78 is 16.9. The Balaban J connectivity index is 4.56. The Morgan fingerprint density at radius 2 is 0.434 bits per heavy atom. The van der Waals surface area contributed by atoms with Gasteiger partial charge in [-0.15, -0.1) is 0 Å². The molecule has 0 saturated heterocycles. The molecule has 0 fully saturated rings. The Morgan fingerprint density at radius 1 is 0.241 bits per heavy atom. The number of hydrogen-bond donors (Lipinski definition) is 0. The summed E-state index contributed by atoms with van der Waals surface area (Å²) in [6, 6.07) is 0. The van der Waals surface area contributed by atoms with Crippen molar-refractivity contribution in [2.24, 2.45) is 0 Å². The van der Waals surface area contributed by atoms with Crippen LogP contribution in [-0.4, -0.2) is 37.2 Å². The number of rotatable bonds is 56. The lowest BCUT2D eigenvalue weighted by Gasteiger charge is -2.18. The molecule has 1 atom stereocenters. The van der Waals surface area contributed by atoms with Gasteiger partial charge in [0, 0.05) is 19.3 Å². The summed E-state index contributed by atoms with van der Waals surface area (Å²) in [6.45, 7) is 6.20. The second-order valence-corrected chi connectivity index (χ2v) is 20.5. The van der Waals surface area contributed by atoms with Crippen molar-refractivity contribution >= 4 is 17.9 Å². The van der Waals surface area contributed by atoms with Crippen molar-refractivity contribution in [3.8, 4) is 0 Å². The van der Waals surface area contributed by atoms with E-state index in [0.29, 0.717) is 12.8 Å². The molecule has 460 valence electrons. The number of allylic oxidation sites excluding steroid dienone is 34. The Labute approximate surface area is 509 Å². The van der Waals surface area contributed by atoms with Crippen molar-refractivity contribution in [3.05, 3.63) is 207 Å². The molecule has 6 nitrogen and oxygen atoms in total. The number of carbonyl (C=O) groups is 3. The summed E-state index contributed by atoms with van der Waals surface area (Å²) in [5, 5.41) is 0. The predicted octanol–water partition coefficient (Wildman–Crippen LogP) is 22.8. The molecule has 0 heterocycles. The zero-order valence-electron chi connectivity index (χ0n) is 52.6. The number of unbranched alkanes of at least 4 members (excludes halogenated alkanes) is 11. The highest BCUT2D eigenvalue weighted by molar-refractivity contribution is 5.71. The summed E-state index contributed by atoms with van der Waals surface area (Å²) in [4.78, 5) is 38.4. The second-order valence-electron chi connectivity index (χ2n) is 20.5. The highest BCUT2D eigenvalue weighted by Gasteiger charge is 2.19. The minimum Gasteiger partial charge on any atom is -0.462 e. The molecule has 0 aliphatic carbocycles. The van der Waals surface area contributed by atoms with Gasteiger partial charge >= 0.3 is 17.9 Å². The topological polar surface area (TPSA) is 78.9 Å². The molecule has 0 aromatic heterocycles. The van der Waals surface area contributed by atoms with Crippen molar-refractivity contribution in [2.75, 3.05) is 13.2 Å². The molecule has 0 N–H and O–H groups in total. The molecular formula is C77H116O6. The van der Waals surface area contributed by atoms with E-state index in [-0.39, 0.29) is 44.0 Å². The van der Waals surface area contributed by atoms with E-state index in [9.17, 15) is 14.4 Å². The van der Waals surface area contributed by atoms with Crippen LogP contribution in [0.5, 0.6) is 0 Å². The fraction of sp³-hybridized carbons (Fsp3) is 0.519. The fourth-order valence-corrected chi connectivity index (χ4v) is 8.00. The van der Waals surface area contributed by atoms with Crippen molar-refractivity contribution < 1.29 is 28.6 Å². The zero-order chi connectivity index (χ0) is 59.9. The molecule has 0 aliphatic rings. The molecule has 0 saturated carbocycles. The third-order valence-electron chi connectivity index (χ3n) is 12.8. The molecule has 0 radical (unpaired) electrons. The molecule has 0 aliphatic heterocycles. The Hall–Kier alpha value is -6.01. The number of esters is 3. The molecule has 0 aromatic carbocycles. The first-order chi connectivity index (χ1) is 41.0. The summed E-state index contributed by atoms with van der Waals surface area (Å²) in [5.74, 6) is -1.02. The highest BCUT2D eigenvalue weighted by Crippen LogP contribution is 2.13. The third kappa shape index (κ3) is 66.7. The van der Waals surface area contributed by atoms with Crippen LogP contribution in [0, 0.1) is 0 Å². The van der Waals surface area contributed by atoms with Gasteiger partial charge < -0.3 is 14.2 Å². The smallest absolute Gasteiger partial charge is 0.306 e. The van der Waals surface area contributed by atoms with Gasteiger partial charge in [-0.2, -0.15) is 0 Å². The maximum absolute atomic E-state index is 12.9. The van der Waals surface area contributed by atoms with E-state index in [1.54, 1.807) is 0 Å². The fourth-order valence-electron chi connectivity index (χ4n) is 8.00.